The largest absolute Gasteiger partial charge is 0.489 e. The number of ether oxygens (including phenoxy) is 2. The zero-order chi connectivity index (χ0) is 26.1. The third-order valence-corrected chi connectivity index (χ3v) is 8.83. The summed E-state index contributed by atoms with van der Waals surface area (Å²) in [7, 11) is 0. The summed E-state index contributed by atoms with van der Waals surface area (Å²) >= 11 is 0. The Labute approximate surface area is 224 Å². The fraction of sp³-hybridized carbons (Fsp3) is 0.382. The lowest BCUT2D eigenvalue weighted by Gasteiger charge is -2.57. The summed E-state index contributed by atoms with van der Waals surface area (Å²) in [5.41, 5.74) is 4.64. The maximum absolute atomic E-state index is 15.2. The van der Waals surface area contributed by atoms with Gasteiger partial charge >= 0.3 is 5.97 Å². The third-order valence-electron chi connectivity index (χ3n) is 8.83. The topological polar surface area (TPSA) is 35.5 Å². The van der Waals surface area contributed by atoms with Gasteiger partial charge in [0.2, 0.25) is 0 Å². The number of halogens is 1. The van der Waals surface area contributed by atoms with E-state index in [1.54, 1.807) is 19.1 Å². The van der Waals surface area contributed by atoms with Crippen molar-refractivity contribution in [3.8, 4) is 16.9 Å². The fourth-order valence-electron chi connectivity index (χ4n) is 7.64. The number of hydrogen-bond acceptors (Lipinski definition) is 3. The van der Waals surface area contributed by atoms with Crippen molar-refractivity contribution in [2.75, 3.05) is 6.61 Å². The van der Waals surface area contributed by atoms with Gasteiger partial charge in [0.25, 0.3) is 0 Å². The molecular formula is C34H35FO3. The average Bonchev–Trinajstić information content (AvgIpc) is 2.91. The summed E-state index contributed by atoms with van der Waals surface area (Å²) in [6.45, 7) is 2.61. The lowest BCUT2D eigenvalue weighted by atomic mass is 9.48. The van der Waals surface area contributed by atoms with Crippen molar-refractivity contribution in [2.45, 2.75) is 57.5 Å². The second-order valence-electron chi connectivity index (χ2n) is 11.5. The minimum absolute atomic E-state index is 0.106. The second kappa shape index (κ2) is 10.4. The molecule has 0 N–H and O–H groups in total. The number of carbonyl (C=O) groups excluding carboxylic acids is 1. The molecule has 0 aromatic heterocycles. The molecule has 4 fully saturated rings. The maximum atomic E-state index is 15.2. The van der Waals surface area contributed by atoms with Crippen LogP contribution >= 0.6 is 0 Å². The van der Waals surface area contributed by atoms with Crippen LogP contribution in [0.5, 0.6) is 5.75 Å². The standard InChI is InChI=1S/C34H35FO3/c1-2-37-33(36)13-9-23-8-11-31(35)29(17-23)28-10-12-32(38-22-24-6-4-3-5-7-24)30(18-28)34-19-25-14-26(20-34)16-27(15-25)21-34/h3-13,17-18,25-27H,2,14-16,19-22H2,1H3/b13-9+. The van der Waals surface area contributed by atoms with Crippen molar-refractivity contribution in [3.63, 3.8) is 0 Å². The fourth-order valence-corrected chi connectivity index (χ4v) is 7.64. The van der Waals surface area contributed by atoms with Crippen LogP contribution in [-0.4, -0.2) is 12.6 Å². The third kappa shape index (κ3) is 5.01. The predicted octanol–water partition coefficient (Wildman–Crippen LogP) is 8.12. The zero-order valence-corrected chi connectivity index (χ0v) is 22.0. The van der Waals surface area contributed by atoms with Crippen LogP contribution in [0.3, 0.4) is 0 Å². The molecule has 196 valence electrons. The van der Waals surface area contributed by atoms with E-state index in [4.69, 9.17) is 9.47 Å². The lowest BCUT2D eigenvalue weighted by Crippen LogP contribution is -2.48. The highest BCUT2D eigenvalue weighted by atomic mass is 19.1. The van der Waals surface area contributed by atoms with Crippen molar-refractivity contribution >= 4 is 12.0 Å². The van der Waals surface area contributed by atoms with Gasteiger partial charge in [0.1, 0.15) is 18.2 Å². The molecule has 4 aliphatic carbocycles. The summed E-state index contributed by atoms with van der Waals surface area (Å²) in [4.78, 5) is 11.8. The van der Waals surface area contributed by atoms with E-state index < -0.39 is 5.97 Å². The normalized spacial score (nSPS) is 25.6. The Balaban J connectivity index is 1.37. The molecule has 4 saturated carbocycles. The Morgan fingerprint density at radius 2 is 1.66 bits per heavy atom. The molecule has 3 aromatic rings. The van der Waals surface area contributed by atoms with Crippen molar-refractivity contribution in [2.24, 2.45) is 17.8 Å². The minimum Gasteiger partial charge on any atom is -0.489 e. The Kier molecular flexibility index (Phi) is 6.82. The summed E-state index contributed by atoms with van der Waals surface area (Å²) in [6, 6.07) is 21.5. The molecule has 3 nitrogen and oxygen atoms in total. The van der Waals surface area contributed by atoms with Gasteiger partial charge in [-0.05, 0) is 116 Å². The first-order valence-corrected chi connectivity index (χ1v) is 14.0. The van der Waals surface area contributed by atoms with E-state index in [-0.39, 0.29) is 11.2 Å². The van der Waals surface area contributed by atoms with Crippen LogP contribution in [0.25, 0.3) is 17.2 Å². The van der Waals surface area contributed by atoms with Crippen LogP contribution in [0.15, 0.2) is 72.8 Å². The zero-order valence-electron chi connectivity index (χ0n) is 22.0. The molecule has 0 heterocycles. The van der Waals surface area contributed by atoms with Crippen molar-refractivity contribution in [1.82, 2.24) is 0 Å². The van der Waals surface area contributed by atoms with E-state index in [2.05, 4.69) is 18.2 Å². The summed E-state index contributed by atoms with van der Waals surface area (Å²) in [5, 5.41) is 0. The van der Waals surface area contributed by atoms with Gasteiger partial charge in [-0.3, -0.25) is 0 Å². The Bertz CT molecular complexity index is 1310. The van der Waals surface area contributed by atoms with E-state index in [9.17, 15) is 4.79 Å². The first-order valence-electron chi connectivity index (χ1n) is 14.0. The molecule has 0 saturated heterocycles. The van der Waals surface area contributed by atoms with Gasteiger partial charge in [0, 0.05) is 17.2 Å². The monoisotopic (exact) mass is 510 g/mol. The summed E-state index contributed by atoms with van der Waals surface area (Å²) in [6.07, 6.45) is 10.8. The number of benzene rings is 3. The molecule has 4 bridgehead atoms. The molecule has 0 amide bonds. The maximum Gasteiger partial charge on any atom is 0.330 e. The summed E-state index contributed by atoms with van der Waals surface area (Å²) < 4.78 is 26.7. The van der Waals surface area contributed by atoms with E-state index in [1.165, 1.54) is 56.2 Å². The van der Waals surface area contributed by atoms with Crippen LogP contribution in [0, 0.1) is 23.6 Å². The van der Waals surface area contributed by atoms with E-state index >= 15 is 4.39 Å². The molecule has 0 unspecified atom stereocenters. The highest BCUT2D eigenvalue weighted by Gasteiger charge is 2.52. The van der Waals surface area contributed by atoms with E-state index in [1.807, 2.05) is 36.4 Å². The van der Waals surface area contributed by atoms with Gasteiger partial charge < -0.3 is 9.47 Å². The minimum atomic E-state index is -0.401. The molecule has 0 aliphatic heterocycles. The average molecular weight is 511 g/mol. The van der Waals surface area contributed by atoms with Crippen LogP contribution < -0.4 is 4.74 Å². The first-order chi connectivity index (χ1) is 18.5. The van der Waals surface area contributed by atoms with Crippen LogP contribution in [0.4, 0.5) is 4.39 Å². The van der Waals surface area contributed by atoms with Gasteiger partial charge in [0.15, 0.2) is 0 Å². The SMILES string of the molecule is CCOC(=O)/C=C/c1ccc(F)c(-c2ccc(OCc3ccccc3)c(C34CC5CC(CC(C5)C3)C4)c2)c1. The van der Waals surface area contributed by atoms with Gasteiger partial charge in [-0.2, -0.15) is 0 Å². The van der Waals surface area contributed by atoms with Crippen molar-refractivity contribution in [3.05, 3.63) is 95.3 Å². The number of carbonyl (C=O) groups is 1. The van der Waals surface area contributed by atoms with Gasteiger partial charge in [-0.25, -0.2) is 9.18 Å². The van der Waals surface area contributed by atoms with Gasteiger partial charge in [-0.1, -0.05) is 42.5 Å². The Hall–Kier alpha value is -3.40. The van der Waals surface area contributed by atoms with Crippen molar-refractivity contribution in [1.29, 1.82) is 0 Å². The molecule has 0 spiro atoms. The van der Waals surface area contributed by atoms with Crippen LogP contribution in [0.2, 0.25) is 0 Å². The summed E-state index contributed by atoms with van der Waals surface area (Å²) in [5.74, 6) is 2.63. The predicted molar refractivity (Wildman–Crippen MR) is 148 cm³/mol. The molecule has 7 rings (SSSR count). The van der Waals surface area contributed by atoms with Gasteiger partial charge in [-0.15, -0.1) is 0 Å². The van der Waals surface area contributed by atoms with E-state index in [0.717, 1.165) is 40.2 Å². The first kappa shape index (κ1) is 24.9. The molecule has 0 atom stereocenters. The molecule has 4 heteroatoms. The Morgan fingerprint density at radius 3 is 2.34 bits per heavy atom. The number of esters is 1. The van der Waals surface area contributed by atoms with Gasteiger partial charge in [0.05, 0.1) is 6.61 Å². The lowest BCUT2D eigenvalue weighted by molar-refractivity contribution is -0.137. The quantitative estimate of drug-likeness (QED) is 0.227. The molecule has 38 heavy (non-hydrogen) atoms. The molecular weight excluding hydrogens is 475 g/mol. The van der Waals surface area contributed by atoms with Crippen LogP contribution in [0.1, 0.15) is 62.1 Å². The smallest absolute Gasteiger partial charge is 0.330 e. The highest BCUT2D eigenvalue weighted by Crippen LogP contribution is 2.62. The van der Waals surface area contributed by atoms with Crippen molar-refractivity contribution < 1.29 is 18.7 Å². The Morgan fingerprint density at radius 1 is 0.947 bits per heavy atom. The number of hydrogen-bond donors (Lipinski definition) is 0. The van der Waals surface area contributed by atoms with Crippen LogP contribution in [-0.2, 0) is 21.6 Å². The molecule has 0 radical (unpaired) electrons. The highest BCUT2D eigenvalue weighted by molar-refractivity contribution is 5.87. The second-order valence-corrected chi connectivity index (χ2v) is 11.5. The number of rotatable bonds is 8. The van der Waals surface area contributed by atoms with E-state index in [0.29, 0.717) is 18.8 Å². The molecule has 4 aliphatic rings. The molecule has 3 aromatic carbocycles.